The minimum absolute atomic E-state index is 0.160. The van der Waals surface area contributed by atoms with E-state index in [1.807, 2.05) is 53.6 Å². The van der Waals surface area contributed by atoms with Crippen molar-refractivity contribution in [3.8, 4) is 10.6 Å². The number of amides is 1. The Hall–Kier alpha value is -2.77. The smallest absolute Gasteiger partial charge is 0.271 e. The zero-order valence-corrected chi connectivity index (χ0v) is 17.3. The van der Waals surface area contributed by atoms with E-state index in [-0.39, 0.29) is 5.91 Å². The minimum Gasteiger partial charge on any atom is -0.346 e. The van der Waals surface area contributed by atoms with Gasteiger partial charge in [0.2, 0.25) is 0 Å². The van der Waals surface area contributed by atoms with E-state index in [9.17, 15) is 4.79 Å². The molecule has 5 nitrogen and oxygen atoms in total. The SMILES string of the molecule is Cc1nn(Cc2ccccc2)c(C)c1CNC(=O)c1csc(-c2ccsc2)n1. The zero-order valence-electron chi connectivity index (χ0n) is 15.7. The molecule has 0 aliphatic carbocycles. The van der Waals surface area contributed by atoms with Gasteiger partial charge in [0.1, 0.15) is 10.7 Å². The van der Waals surface area contributed by atoms with Crippen LogP contribution in [0.3, 0.4) is 0 Å². The number of nitrogens with zero attached hydrogens (tertiary/aromatic N) is 3. The summed E-state index contributed by atoms with van der Waals surface area (Å²) in [6.45, 7) is 5.18. The summed E-state index contributed by atoms with van der Waals surface area (Å²) in [5, 5.41) is 14.4. The van der Waals surface area contributed by atoms with Gasteiger partial charge >= 0.3 is 0 Å². The molecule has 4 rings (SSSR count). The van der Waals surface area contributed by atoms with Gasteiger partial charge in [0.15, 0.2) is 0 Å². The van der Waals surface area contributed by atoms with Gasteiger partial charge in [-0.05, 0) is 30.9 Å². The van der Waals surface area contributed by atoms with Gasteiger partial charge in [0.05, 0.1) is 12.2 Å². The van der Waals surface area contributed by atoms with Gasteiger partial charge in [-0.25, -0.2) is 4.98 Å². The highest BCUT2D eigenvalue weighted by Crippen LogP contribution is 2.25. The molecule has 1 N–H and O–H groups in total. The fourth-order valence-corrected chi connectivity index (χ4v) is 4.57. The van der Waals surface area contributed by atoms with Crippen LogP contribution in [0.1, 0.15) is 33.0 Å². The van der Waals surface area contributed by atoms with Crippen LogP contribution in [0.15, 0.2) is 52.5 Å². The van der Waals surface area contributed by atoms with Crippen molar-refractivity contribution in [1.29, 1.82) is 0 Å². The zero-order chi connectivity index (χ0) is 19.5. The Morgan fingerprint density at radius 2 is 1.96 bits per heavy atom. The molecule has 0 aliphatic heterocycles. The molecule has 0 saturated heterocycles. The molecule has 1 aromatic carbocycles. The number of benzene rings is 1. The van der Waals surface area contributed by atoms with E-state index in [1.165, 1.54) is 16.9 Å². The number of carbonyl (C=O) groups is 1. The Bertz CT molecular complexity index is 1080. The molecule has 0 spiro atoms. The highest BCUT2D eigenvalue weighted by atomic mass is 32.1. The highest BCUT2D eigenvalue weighted by molar-refractivity contribution is 7.14. The number of hydrogen-bond donors (Lipinski definition) is 1. The van der Waals surface area contributed by atoms with Crippen LogP contribution < -0.4 is 5.32 Å². The number of hydrogen-bond acceptors (Lipinski definition) is 5. The Morgan fingerprint density at radius 3 is 2.71 bits per heavy atom. The molecule has 7 heteroatoms. The van der Waals surface area contributed by atoms with E-state index in [4.69, 9.17) is 0 Å². The van der Waals surface area contributed by atoms with Crippen molar-refractivity contribution < 1.29 is 4.79 Å². The Morgan fingerprint density at radius 1 is 1.14 bits per heavy atom. The summed E-state index contributed by atoms with van der Waals surface area (Å²) >= 11 is 3.11. The quantitative estimate of drug-likeness (QED) is 0.505. The highest BCUT2D eigenvalue weighted by Gasteiger charge is 2.15. The van der Waals surface area contributed by atoms with Crippen LogP contribution in [-0.4, -0.2) is 20.7 Å². The summed E-state index contributed by atoms with van der Waals surface area (Å²) in [6.07, 6.45) is 0. The number of thiazole rings is 1. The summed E-state index contributed by atoms with van der Waals surface area (Å²) in [5.41, 5.74) is 5.77. The summed E-state index contributed by atoms with van der Waals surface area (Å²) in [5.74, 6) is -0.160. The first-order valence-corrected chi connectivity index (χ1v) is 10.8. The summed E-state index contributed by atoms with van der Waals surface area (Å²) in [6, 6.07) is 12.3. The summed E-state index contributed by atoms with van der Waals surface area (Å²) < 4.78 is 1.99. The van der Waals surface area contributed by atoms with Crippen LogP contribution in [0.4, 0.5) is 0 Å². The lowest BCUT2D eigenvalue weighted by Gasteiger charge is -2.07. The van der Waals surface area contributed by atoms with Gasteiger partial charge in [0, 0.05) is 34.1 Å². The van der Waals surface area contributed by atoms with Gasteiger partial charge in [-0.15, -0.1) is 11.3 Å². The maximum atomic E-state index is 12.5. The molecule has 0 bridgehead atoms. The number of rotatable bonds is 6. The number of nitrogens with one attached hydrogen (secondary N) is 1. The fraction of sp³-hybridized carbons (Fsp3) is 0.190. The maximum absolute atomic E-state index is 12.5. The van der Waals surface area contributed by atoms with E-state index in [1.54, 1.807) is 16.7 Å². The number of aryl methyl sites for hydroxylation is 1. The van der Waals surface area contributed by atoms with Gasteiger partial charge in [-0.3, -0.25) is 9.48 Å². The monoisotopic (exact) mass is 408 g/mol. The maximum Gasteiger partial charge on any atom is 0.271 e. The van der Waals surface area contributed by atoms with E-state index >= 15 is 0 Å². The van der Waals surface area contributed by atoms with Gasteiger partial charge < -0.3 is 5.32 Å². The second-order valence-electron chi connectivity index (χ2n) is 6.53. The van der Waals surface area contributed by atoms with Crippen molar-refractivity contribution in [2.24, 2.45) is 0 Å². The topological polar surface area (TPSA) is 59.8 Å². The predicted octanol–water partition coefficient (Wildman–Crippen LogP) is 4.66. The number of thiophene rings is 1. The summed E-state index contributed by atoms with van der Waals surface area (Å²) in [4.78, 5) is 17.0. The van der Waals surface area contributed by atoms with E-state index in [0.717, 1.165) is 34.1 Å². The molecule has 3 aromatic heterocycles. The summed E-state index contributed by atoms with van der Waals surface area (Å²) in [7, 11) is 0. The molecular formula is C21H20N4OS2. The number of carbonyl (C=O) groups excluding carboxylic acids is 1. The molecule has 4 aromatic rings. The van der Waals surface area contributed by atoms with Gasteiger partial charge in [-0.2, -0.15) is 16.4 Å². The molecule has 1 amide bonds. The molecular weight excluding hydrogens is 388 g/mol. The third kappa shape index (κ3) is 3.90. The third-order valence-corrected chi connectivity index (χ3v) is 6.21. The Labute approximate surface area is 171 Å². The van der Waals surface area contributed by atoms with Crippen LogP contribution in [-0.2, 0) is 13.1 Å². The lowest BCUT2D eigenvalue weighted by molar-refractivity contribution is 0.0946. The lowest BCUT2D eigenvalue weighted by Crippen LogP contribution is -2.23. The largest absolute Gasteiger partial charge is 0.346 e. The average molecular weight is 409 g/mol. The van der Waals surface area contributed by atoms with Crippen LogP contribution in [0, 0.1) is 13.8 Å². The molecule has 0 atom stereocenters. The first-order chi connectivity index (χ1) is 13.6. The van der Waals surface area contributed by atoms with Crippen molar-refractivity contribution >= 4 is 28.6 Å². The molecule has 0 fully saturated rings. The molecule has 0 unspecified atom stereocenters. The van der Waals surface area contributed by atoms with E-state index in [0.29, 0.717) is 12.2 Å². The second-order valence-corrected chi connectivity index (χ2v) is 8.16. The molecule has 0 saturated carbocycles. The van der Waals surface area contributed by atoms with Crippen molar-refractivity contribution in [3.63, 3.8) is 0 Å². The van der Waals surface area contributed by atoms with E-state index < -0.39 is 0 Å². The van der Waals surface area contributed by atoms with Crippen molar-refractivity contribution in [2.75, 3.05) is 0 Å². The average Bonchev–Trinajstić information content (AvgIpc) is 3.43. The fourth-order valence-electron chi connectivity index (χ4n) is 3.06. The van der Waals surface area contributed by atoms with E-state index in [2.05, 4.69) is 27.5 Å². The Kier molecular flexibility index (Phi) is 5.36. The van der Waals surface area contributed by atoms with Crippen LogP contribution in [0.2, 0.25) is 0 Å². The lowest BCUT2D eigenvalue weighted by atomic mass is 10.2. The molecule has 28 heavy (non-hydrogen) atoms. The van der Waals surface area contributed by atoms with Gasteiger partial charge in [-0.1, -0.05) is 30.3 Å². The minimum atomic E-state index is -0.160. The Balaban J connectivity index is 1.44. The standard InChI is InChI=1S/C21H20N4OS2/c1-14-18(15(2)25(24-14)11-16-6-4-3-5-7-16)10-22-20(26)19-13-28-21(23-19)17-8-9-27-12-17/h3-9,12-13H,10-11H2,1-2H3,(H,22,26). The number of aromatic nitrogens is 3. The first-order valence-electron chi connectivity index (χ1n) is 8.95. The van der Waals surface area contributed by atoms with Crippen molar-refractivity contribution in [2.45, 2.75) is 26.9 Å². The van der Waals surface area contributed by atoms with Crippen molar-refractivity contribution in [1.82, 2.24) is 20.1 Å². The van der Waals surface area contributed by atoms with Crippen LogP contribution in [0.5, 0.6) is 0 Å². The van der Waals surface area contributed by atoms with Crippen molar-refractivity contribution in [3.05, 3.63) is 80.7 Å². The molecule has 0 radical (unpaired) electrons. The van der Waals surface area contributed by atoms with Crippen LogP contribution in [0.25, 0.3) is 10.6 Å². The first kappa shape index (κ1) is 18.6. The van der Waals surface area contributed by atoms with Crippen LogP contribution >= 0.6 is 22.7 Å². The predicted molar refractivity (Wildman–Crippen MR) is 114 cm³/mol. The normalized spacial score (nSPS) is 10.9. The third-order valence-electron chi connectivity index (χ3n) is 4.64. The second kappa shape index (κ2) is 8.08. The molecule has 0 aliphatic rings. The molecule has 3 heterocycles. The molecule has 142 valence electrons. The van der Waals surface area contributed by atoms with Gasteiger partial charge in [0.25, 0.3) is 5.91 Å².